The monoisotopic (exact) mass is 446 g/mol. The third kappa shape index (κ3) is 5.29. The van der Waals surface area contributed by atoms with Crippen molar-refractivity contribution in [1.82, 2.24) is 0 Å². The summed E-state index contributed by atoms with van der Waals surface area (Å²) in [6.45, 7) is 15.5. The van der Waals surface area contributed by atoms with E-state index in [9.17, 15) is 14.4 Å². The van der Waals surface area contributed by atoms with Crippen LogP contribution < -0.4 is 9.47 Å². The van der Waals surface area contributed by atoms with Crippen LogP contribution >= 0.6 is 0 Å². The van der Waals surface area contributed by atoms with Gasteiger partial charge in [0.1, 0.15) is 6.10 Å². The number of hydrogen-bond donors (Lipinski definition) is 0. The minimum absolute atomic E-state index is 0.0935. The molecule has 1 atom stereocenters. The van der Waals surface area contributed by atoms with Gasteiger partial charge in [-0.2, -0.15) is 0 Å². The molecule has 0 aromatic heterocycles. The minimum Gasteiger partial charge on any atom is -0.454 e. The lowest BCUT2D eigenvalue weighted by Gasteiger charge is -2.16. The predicted octanol–water partition coefficient (Wildman–Crippen LogP) is 5.42. The van der Waals surface area contributed by atoms with E-state index >= 15 is 0 Å². The van der Waals surface area contributed by atoms with E-state index in [1.165, 1.54) is 13.8 Å². The number of esters is 3. The Morgan fingerprint density at radius 2 is 1.42 bits per heavy atom. The Balaban J connectivity index is 2.01. The van der Waals surface area contributed by atoms with Crippen molar-refractivity contribution >= 4 is 17.9 Å². The number of hydrogen-bond acceptors (Lipinski definition) is 6. The van der Waals surface area contributed by atoms with Crippen molar-refractivity contribution in [1.29, 1.82) is 0 Å². The molecule has 6 nitrogen and oxygen atoms in total. The van der Waals surface area contributed by atoms with Crippen LogP contribution in [0.3, 0.4) is 0 Å². The van der Waals surface area contributed by atoms with Gasteiger partial charge in [0.25, 0.3) is 0 Å². The smallest absolute Gasteiger partial charge is 0.338 e. The van der Waals surface area contributed by atoms with Gasteiger partial charge in [-0.1, -0.05) is 44.0 Å². The molecule has 0 N–H and O–H groups in total. The fraction of sp³-hybridized carbons (Fsp3) is 0.222. The molecule has 0 spiro atoms. The van der Waals surface area contributed by atoms with E-state index in [2.05, 4.69) is 19.7 Å². The van der Waals surface area contributed by atoms with Gasteiger partial charge < -0.3 is 14.2 Å². The maximum absolute atomic E-state index is 12.2. The van der Waals surface area contributed by atoms with Crippen LogP contribution in [0, 0.1) is 0 Å². The highest BCUT2D eigenvalue weighted by Gasteiger charge is 2.28. The lowest BCUT2D eigenvalue weighted by Crippen LogP contribution is -2.13. The van der Waals surface area contributed by atoms with Crippen molar-refractivity contribution < 1.29 is 28.6 Å². The Morgan fingerprint density at radius 1 is 0.818 bits per heavy atom. The zero-order valence-electron chi connectivity index (χ0n) is 19.0. The van der Waals surface area contributed by atoms with Crippen LogP contribution in [0.25, 0.3) is 11.1 Å². The number of carbonyl (C=O) groups excluding carboxylic acids is 3. The highest BCUT2D eigenvalue weighted by molar-refractivity contribution is 5.91. The van der Waals surface area contributed by atoms with Crippen LogP contribution in [0.2, 0.25) is 0 Å². The summed E-state index contributed by atoms with van der Waals surface area (Å²) in [5.74, 6) is -1.49. The lowest BCUT2D eigenvalue weighted by atomic mass is 9.96. The second-order valence-electron chi connectivity index (χ2n) is 8.09. The lowest BCUT2D eigenvalue weighted by molar-refractivity contribution is -0.144. The summed E-state index contributed by atoms with van der Waals surface area (Å²) in [5.41, 5.74) is 4.42. The van der Waals surface area contributed by atoms with Crippen LogP contribution in [0.4, 0.5) is 0 Å². The summed E-state index contributed by atoms with van der Waals surface area (Å²) in [7, 11) is 0. The number of benzene rings is 2. The summed E-state index contributed by atoms with van der Waals surface area (Å²) >= 11 is 0. The fourth-order valence-corrected chi connectivity index (χ4v) is 3.45. The zero-order chi connectivity index (χ0) is 24.3. The van der Waals surface area contributed by atoms with E-state index in [0.717, 1.165) is 22.3 Å². The molecular weight excluding hydrogens is 420 g/mol. The van der Waals surface area contributed by atoms with Crippen LogP contribution in [0.5, 0.6) is 11.5 Å². The topological polar surface area (TPSA) is 78.9 Å². The number of carbonyl (C=O) groups is 3. The fourth-order valence-electron chi connectivity index (χ4n) is 3.45. The average molecular weight is 446 g/mol. The molecule has 2 aromatic rings. The third-order valence-electron chi connectivity index (χ3n) is 5.17. The Kier molecular flexibility index (Phi) is 6.97. The molecule has 0 bridgehead atoms. The Labute approximate surface area is 193 Å². The summed E-state index contributed by atoms with van der Waals surface area (Å²) in [4.78, 5) is 36.2. The Bertz CT molecular complexity index is 1190. The van der Waals surface area contributed by atoms with Crippen LogP contribution in [-0.2, 0) is 25.5 Å². The largest absolute Gasteiger partial charge is 0.454 e. The second kappa shape index (κ2) is 9.69. The van der Waals surface area contributed by atoms with Crippen LogP contribution in [0.1, 0.15) is 44.4 Å². The molecular formula is C27H26O6. The van der Waals surface area contributed by atoms with Gasteiger partial charge in [0.15, 0.2) is 11.5 Å². The molecule has 0 heterocycles. The first-order valence-electron chi connectivity index (χ1n) is 10.5. The highest BCUT2D eigenvalue weighted by atomic mass is 16.6. The van der Waals surface area contributed by atoms with E-state index in [0.29, 0.717) is 18.4 Å². The number of rotatable bonds is 7. The van der Waals surface area contributed by atoms with Gasteiger partial charge in [0.05, 0.1) is 0 Å². The minimum atomic E-state index is -0.634. The molecule has 33 heavy (non-hydrogen) atoms. The molecule has 6 heteroatoms. The normalized spacial score (nSPS) is 14.1. The molecule has 2 aromatic carbocycles. The van der Waals surface area contributed by atoms with E-state index in [-0.39, 0.29) is 28.7 Å². The maximum atomic E-state index is 12.2. The summed E-state index contributed by atoms with van der Waals surface area (Å²) < 4.78 is 16.4. The molecule has 0 fully saturated rings. The van der Waals surface area contributed by atoms with Gasteiger partial charge in [-0.25, -0.2) is 14.4 Å². The maximum Gasteiger partial charge on any atom is 0.338 e. The Hall–Kier alpha value is -3.93. The van der Waals surface area contributed by atoms with E-state index in [4.69, 9.17) is 14.2 Å². The summed E-state index contributed by atoms with van der Waals surface area (Å²) in [6.07, 6.45) is 1.03. The average Bonchev–Trinajstić information content (AvgIpc) is 3.17. The van der Waals surface area contributed by atoms with E-state index in [1.54, 1.807) is 25.1 Å². The molecule has 1 aliphatic carbocycles. The highest BCUT2D eigenvalue weighted by Crippen LogP contribution is 2.42. The first kappa shape index (κ1) is 23.7. The van der Waals surface area contributed by atoms with Crippen molar-refractivity contribution in [3.05, 3.63) is 84.0 Å². The third-order valence-corrected chi connectivity index (χ3v) is 5.17. The zero-order valence-corrected chi connectivity index (χ0v) is 19.0. The summed E-state index contributed by atoms with van der Waals surface area (Å²) in [5, 5.41) is 0. The van der Waals surface area contributed by atoms with Crippen LogP contribution in [-0.4, -0.2) is 17.9 Å². The number of ether oxygens (including phenoxy) is 3. The predicted molar refractivity (Wildman–Crippen MR) is 125 cm³/mol. The van der Waals surface area contributed by atoms with Gasteiger partial charge in [-0.15, -0.1) is 0 Å². The second-order valence-corrected chi connectivity index (χ2v) is 8.09. The molecule has 0 radical (unpaired) electrons. The molecule has 1 aliphatic rings. The quantitative estimate of drug-likeness (QED) is 0.321. The molecule has 0 saturated carbocycles. The SMILES string of the molecule is C=C(C)C(=O)Oc1ccc(-c2cccc3c2CCC3OC(=O)C(=C)C)cc1OC(=O)C(=C)C. The number of fused-ring (bicyclic) bond motifs is 1. The van der Waals surface area contributed by atoms with Gasteiger partial charge in [0.2, 0.25) is 0 Å². The van der Waals surface area contributed by atoms with E-state index < -0.39 is 17.9 Å². The summed E-state index contributed by atoms with van der Waals surface area (Å²) in [6, 6.07) is 10.8. The molecule has 0 saturated heterocycles. The van der Waals surface area contributed by atoms with Gasteiger partial charge in [-0.3, -0.25) is 0 Å². The molecule has 1 unspecified atom stereocenters. The van der Waals surface area contributed by atoms with Gasteiger partial charge >= 0.3 is 17.9 Å². The van der Waals surface area contributed by atoms with Crippen molar-refractivity contribution in [3.8, 4) is 22.6 Å². The molecule has 0 aliphatic heterocycles. The Morgan fingerprint density at radius 3 is 2.03 bits per heavy atom. The first-order chi connectivity index (χ1) is 15.6. The van der Waals surface area contributed by atoms with Crippen LogP contribution in [0.15, 0.2) is 72.9 Å². The van der Waals surface area contributed by atoms with Gasteiger partial charge in [-0.05, 0) is 68.0 Å². The van der Waals surface area contributed by atoms with Gasteiger partial charge in [0, 0.05) is 16.7 Å². The molecule has 170 valence electrons. The molecule has 0 amide bonds. The van der Waals surface area contributed by atoms with Crippen molar-refractivity contribution in [2.75, 3.05) is 0 Å². The first-order valence-corrected chi connectivity index (χ1v) is 10.5. The van der Waals surface area contributed by atoms with E-state index in [1.807, 2.05) is 18.2 Å². The molecule has 3 rings (SSSR count). The van der Waals surface area contributed by atoms with Crippen molar-refractivity contribution in [2.24, 2.45) is 0 Å². The van der Waals surface area contributed by atoms with Crippen molar-refractivity contribution in [2.45, 2.75) is 39.7 Å². The van der Waals surface area contributed by atoms with Crippen molar-refractivity contribution in [3.63, 3.8) is 0 Å². The standard InChI is InChI=1S/C27H26O6/c1-15(2)25(28)31-22-13-11-20-19(8-7-9-21(20)22)18-10-12-23(32-26(29)16(3)4)24(14-18)33-27(30)17(5)6/h7-10,12,14,22H,1,3,5,11,13H2,2,4,6H3.